The summed E-state index contributed by atoms with van der Waals surface area (Å²) in [7, 11) is 0. The second-order valence-corrected chi connectivity index (χ2v) is 3.25. The normalized spacial score (nSPS) is 10.1. The summed E-state index contributed by atoms with van der Waals surface area (Å²) in [4.78, 5) is 19.5. The number of oxazole rings is 1. The largest absolute Gasteiger partial charge is 0.436 e. The van der Waals surface area contributed by atoms with Gasteiger partial charge in [0.1, 0.15) is 0 Å². The molecule has 0 radical (unpaired) electrons. The highest BCUT2D eigenvalue weighted by Crippen LogP contribution is 2.02. The van der Waals surface area contributed by atoms with Gasteiger partial charge < -0.3 is 9.73 Å². The third-order valence-electron chi connectivity index (χ3n) is 2.00. The fourth-order valence-corrected chi connectivity index (χ4v) is 1.23. The molecule has 0 saturated heterocycles. The summed E-state index contributed by atoms with van der Waals surface area (Å²) in [5.74, 6) is 0.405. The molecule has 0 bridgehead atoms. The average Bonchev–Trinajstić information content (AvgIpc) is 2.74. The summed E-state index contributed by atoms with van der Waals surface area (Å²) in [6, 6.07) is 5.53. The number of rotatable bonds is 3. The fraction of sp³-hybridized carbons (Fsp3) is 0.182. The second-order valence-electron chi connectivity index (χ2n) is 3.25. The number of aromatic nitrogens is 2. The number of aryl methyl sites for hydroxylation is 1. The van der Waals surface area contributed by atoms with Crippen molar-refractivity contribution in [2.75, 3.05) is 0 Å². The summed E-state index contributed by atoms with van der Waals surface area (Å²) in [6.45, 7) is 2.06. The number of carbonyl (C=O) groups excluding carboxylic acids is 1. The van der Waals surface area contributed by atoms with Crippen LogP contribution in [-0.4, -0.2) is 15.9 Å². The van der Waals surface area contributed by atoms with Gasteiger partial charge in [-0.2, -0.15) is 0 Å². The molecule has 0 saturated carbocycles. The summed E-state index contributed by atoms with van der Waals surface area (Å²) >= 11 is 0. The maximum Gasteiger partial charge on any atom is 0.289 e. The van der Waals surface area contributed by atoms with Crippen LogP contribution in [0, 0.1) is 6.92 Å². The maximum atomic E-state index is 11.6. The lowest BCUT2D eigenvalue weighted by molar-refractivity contribution is 0.0921. The van der Waals surface area contributed by atoms with Crippen LogP contribution in [0.2, 0.25) is 0 Å². The predicted octanol–water partition coefficient (Wildman–Crippen LogP) is 1.31. The van der Waals surface area contributed by atoms with E-state index in [0.717, 1.165) is 5.69 Å². The SMILES string of the molecule is Cc1ncc(C(=O)NCc2ccccn2)o1. The van der Waals surface area contributed by atoms with Gasteiger partial charge >= 0.3 is 0 Å². The molecule has 5 heteroatoms. The van der Waals surface area contributed by atoms with Crippen LogP contribution < -0.4 is 5.32 Å². The molecule has 0 aliphatic heterocycles. The van der Waals surface area contributed by atoms with Gasteiger partial charge in [0.15, 0.2) is 5.89 Å². The minimum absolute atomic E-state index is 0.216. The Kier molecular flexibility index (Phi) is 2.95. The molecule has 0 spiro atoms. The van der Waals surface area contributed by atoms with E-state index in [2.05, 4.69) is 15.3 Å². The van der Waals surface area contributed by atoms with Gasteiger partial charge in [-0.15, -0.1) is 0 Å². The number of hydrogen-bond acceptors (Lipinski definition) is 4. The second kappa shape index (κ2) is 4.57. The summed E-state index contributed by atoms with van der Waals surface area (Å²) < 4.78 is 5.09. The molecule has 0 atom stereocenters. The van der Waals surface area contributed by atoms with E-state index in [-0.39, 0.29) is 11.7 Å². The van der Waals surface area contributed by atoms with E-state index >= 15 is 0 Å². The standard InChI is InChI=1S/C11H11N3O2/c1-8-13-7-10(16-8)11(15)14-6-9-4-2-3-5-12-9/h2-5,7H,6H2,1H3,(H,14,15). The van der Waals surface area contributed by atoms with Crippen LogP contribution in [0.25, 0.3) is 0 Å². The molecule has 16 heavy (non-hydrogen) atoms. The highest BCUT2D eigenvalue weighted by Gasteiger charge is 2.10. The zero-order valence-electron chi connectivity index (χ0n) is 8.80. The van der Waals surface area contributed by atoms with E-state index in [0.29, 0.717) is 12.4 Å². The molecule has 2 heterocycles. The van der Waals surface area contributed by atoms with Crippen LogP contribution in [-0.2, 0) is 6.54 Å². The molecule has 82 valence electrons. The Balaban J connectivity index is 1.94. The topological polar surface area (TPSA) is 68.0 Å². The number of carbonyl (C=O) groups is 1. The first kappa shape index (κ1) is 10.4. The molecule has 2 aromatic rings. The van der Waals surface area contributed by atoms with Crippen molar-refractivity contribution < 1.29 is 9.21 Å². The smallest absolute Gasteiger partial charge is 0.289 e. The van der Waals surface area contributed by atoms with E-state index < -0.39 is 0 Å². The van der Waals surface area contributed by atoms with Crippen LogP contribution in [0.4, 0.5) is 0 Å². The van der Waals surface area contributed by atoms with Crippen LogP contribution in [0.1, 0.15) is 22.1 Å². The highest BCUT2D eigenvalue weighted by atomic mass is 16.4. The van der Waals surface area contributed by atoms with E-state index in [1.807, 2.05) is 18.2 Å². The monoisotopic (exact) mass is 217 g/mol. The number of hydrogen-bond donors (Lipinski definition) is 1. The van der Waals surface area contributed by atoms with Crippen molar-refractivity contribution in [2.45, 2.75) is 13.5 Å². The zero-order valence-corrected chi connectivity index (χ0v) is 8.80. The first-order valence-corrected chi connectivity index (χ1v) is 4.86. The lowest BCUT2D eigenvalue weighted by Crippen LogP contribution is -2.22. The van der Waals surface area contributed by atoms with Crippen molar-refractivity contribution in [3.63, 3.8) is 0 Å². The van der Waals surface area contributed by atoms with Crippen molar-refractivity contribution >= 4 is 5.91 Å². The summed E-state index contributed by atoms with van der Waals surface area (Å²) in [5.41, 5.74) is 0.798. The highest BCUT2D eigenvalue weighted by molar-refractivity contribution is 5.90. The quantitative estimate of drug-likeness (QED) is 0.841. The van der Waals surface area contributed by atoms with E-state index in [9.17, 15) is 4.79 Å². The van der Waals surface area contributed by atoms with Gasteiger partial charge in [0, 0.05) is 13.1 Å². The molecule has 0 aliphatic rings. The maximum absolute atomic E-state index is 11.6. The Hall–Kier alpha value is -2.17. The molecule has 0 aliphatic carbocycles. The molecule has 0 fully saturated rings. The molecule has 0 unspecified atom stereocenters. The van der Waals surface area contributed by atoms with E-state index in [4.69, 9.17) is 4.42 Å². The molecule has 2 aromatic heterocycles. The minimum Gasteiger partial charge on any atom is -0.436 e. The van der Waals surface area contributed by atoms with Crippen LogP contribution in [0.3, 0.4) is 0 Å². The Labute approximate surface area is 92.5 Å². The molecular formula is C11H11N3O2. The average molecular weight is 217 g/mol. The van der Waals surface area contributed by atoms with Crippen molar-refractivity contribution in [1.82, 2.24) is 15.3 Å². The Morgan fingerprint density at radius 3 is 2.94 bits per heavy atom. The minimum atomic E-state index is -0.286. The third kappa shape index (κ3) is 2.44. The van der Waals surface area contributed by atoms with Gasteiger partial charge in [0.05, 0.1) is 18.4 Å². The predicted molar refractivity (Wildman–Crippen MR) is 56.6 cm³/mol. The van der Waals surface area contributed by atoms with Crippen molar-refractivity contribution in [2.24, 2.45) is 0 Å². The van der Waals surface area contributed by atoms with E-state index in [1.165, 1.54) is 6.20 Å². The van der Waals surface area contributed by atoms with E-state index in [1.54, 1.807) is 13.1 Å². The zero-order chi connectivity index (χ0) is 11.4. The van der Waals surface area contributed by atoms with Crippen molar-refractivity contribution in [3.8, 4) is 0 Å². The summed E-state index contributed by atoms with van der Waals surface area (Å²) in [5, 5.41) is 2.69. The fourth-order valence-electron chi connectivity index (χ4n) is 1.23. The Morgan fingerprint density at radius 1 is 1.44 bits per heavy atom. The number of nitrogens with zero attached hydrogens (tertiary/aromatic N) is 2. The molecule has 1 amide bonds. The van der Waals surface area contributed by atoms with Gasteiger partial charge in [-0.25, -0.2) is 4.98 Å². The first-order valence-electron chi connectivity index (χ1n) is 4.86. The Morgan fingerprint density at radius 2 is 2.31 bits per heavy atom. The lowest BCUT2D eigenvalue weighted by Gasteiger charge is -2.01. The van der Waals surface area contributed by atoms with Gasteiger partial charge in [-0.05, 0) is 12.1 Å². The van der Waals surface area contributed by atoms with Crippen LogP contribution >= 0.6 is 0 Å². The third-order valence-corrected chi connectivity index (χ3v) is 2.00. The Bertz CT molecular complexity index is 479. The van der Waals surface area contributed by atoms with Crippen molar-refractivity contribution in [3.05, 3.63) is 47.9 Å². The van der Waals surface area contributed by atoms with Gasteiger partial charge in [-0.1, -0.05) is 6.07 Å². The van der Waals surface area contributed by atoms with Crippen LogP contribution in [0.5, 0.6) is 0 Å². The van der Waals surface area contributed by atoms with Crippen LogP contribution in [0.15, 0.2) is 35.0 Å². The van der Waals surface area contributed by atoms with Gasteiger partial charge in [0.25, 0.3) is 5.91 Å². The van der Waals surface area contributed by atoms with Crippen molar-refractivity contribution in [1.29, 1.82) is 0 Å². The van der Waals surface area contributed by atoms with Gasteiger partial charge in [0.2, 0.25) is 5.76 Å². The summed E-state index contributed by atoms with van der Waals surface area (Å²) in [6.07, 6.45) is 3.09. The molecule has 1 N–H and O–H groups in total. The molecule has 5 nitrogen and oxygen atoms in total. The molecular weight excluding hydrogens is 206 g/mol. The lowest BCUT2D eigenvalue weighted by atomic mass is 10.3. The molecule has 0 aromatic carbocycles. The number of nitrogens with one attached hydrogen (secondary N) is 1. The number of pyridine rings is 1. The first-order chi connectivity index (χ1) is 7.75. The number of amides is 1. The molecule has 2 rings (SSSR count). The van der Waals surface area contributed by atoms with Gasteiger partial charge in [-0.3, -0.25) is 9.78 Å².